The van der Waals surface area contributed by atoms with Gasteiger partial charge in [0.1, 0.15) is 5.76 Å². The summed E-state index contributed by atoms with van der Waals surface area (Å²) in [6, 6.07) is 0. The van der Waals surface area contributed by atoms with Gasteiger partial charge in [-0.25, -0.2) is 0 Å². The Kier molecular flexibility index (Phi) is 4.86. The van der Waals surface area contributed by atoms with Gasteiger partial charge in [0.05, 0.1) is 24.5 Å². The highest BCUT2D eigenvalue weighted by molar-refractivity contribution is 7.10. The number of carbonyl (C=O) groups is 1. The molecule has 4 heterocycles. The van der Waals surface area contributed by atoms with Crippen LogP contribution in [0.5, 0.6) is 0 Å². The van der Waals surface area contributed by atoms with Gasteiger partial charge in [-0.2, -0.15) is 0 Å². The first kappa shape index (κ1) is 18.7. The fraction of sp³-hybridized carbons (Fsp3) is 0.600. The van der Waals surface area contributed by atoms with Crippen molar-refractivity contribution in [2.24, 2.45) is 5.41 Å². The highest BCUT2D eigenvalue weighted by atomic mass is 32.1. The molecule has 0 N–H and O–H groups in total. The topological polar surface area (TPSA) is 58.8 Å². The zero-order chi connectivity index (χ0) is 19.2. The van der Waals surface area contributed by atoms with E-state index in [1.807, 2.05) is 31.2 Å². The Labute approximate surface area is 164 Å². The fourth-order valence-electron chi connectivity index (χ4n) is 4.04. The second-order valence-electron chi connectivity index (χ2n) is 8.28. The van der Waals surface area contributed by atoms with E-state index in [1.165, 1.54) is 16.0 Å². The van der Waals surface area contributed by atoms with Gasteiger partial charge in [0.15, 0.2) is 0 Å². The quantitative estimate of drug-likeness (QED) is 0.787. The normalized spacial score (nSPS) is 18.8. The summed E-state index contributed by atoms with van der Waals surface area (Å²) in [7, 11) is 1.91. The molecule has 2 aliphatic heterocycles. The van der Waals surface area contributed by atoms with Crippen LogP contribution in [0.3, 0.4) is 0 Å². The van der Waals surface area contributed by atoms with Gasteiger partial charge in [-0.15, -0.1) is 11.3 Å². The molecule has 2 aromatic rings. The summed E-state index contributed by atoms with van der Waals surface area (Å²) in [4.78, 5) is 18.6. The van der Waals surface area contributed by atoms with Crippen molar-refractivity contribution in [3.8, 4) is 0 Å². The zero-order valence-electron chi connectivity index (χ0n) is 16.5. The Morgan fingerprint density at radius 3 is 2.81 bits per heavy atom. The van der Waals surface area contributed by atoms with E-state index in [-0.39, 0.29) is 11.3 Å². The van der Waals surface area contributed by atoms with Crippen LogP contribution in [0, 0.1) is 19.3 Å². The van der Waals surface area contributed by atoms with E-state index in [4.69, 9.17) is 9.26 Å². The molecule has 4 rings (SSSR count). The van der Waals surface area contributed by atoms with Crippen molar-refractivity contribution in [2.45, 2.75) is 40.3 Å². The third kappa shape index (κ3) is 3.56. The van der Waals surface area contributed by atoms with Crippen LogP contribution in [0.15, 0.2) is 9.90 Å². The molecule has 1 saturated heterocycles. The number of thiophene rings is 1. The SMILES string of the molecule is Cc1noc(C)c1CN1CCc2c(C(=O)N(C)CC3(C)COC3)csc2C1. The molecule has 0 atom stereocenters. The van der Waals surface area contributed by atoms with E-state index < -0.39 is 0 Å². The molecular formula is C20H27N3O3S. The number of rotatable bonds is 5. The predicted molar refractivity (Wildman–Crippen MR) is 104 cm³/mol. The number of ether oxygens (including phenoxy) is 1. The van der Waals surface area contributed by atoms with Gasteiger partial charge in [0, 0.05) is 54.5 Å². The predicted octanol–water partition coefficient (Wildman–Crippen LogP) is 3.02. The number of carbonyl (C=O) groups excluding carboxylic acids is 1. The van der Waals surface area contributed by atoms with Crippen LogP contribution in [0.2, 0.25) is 0 Å². The van der Waals surface area contributed by atoms with Crippen LogP contribution in [-0.2, 0) is 24.2 Å². The maximum atomic E-state index is 13.0. The minimum atomic E-state index is 0.103. The van der Waals surface area contributed by atoms with E-state index in [0.717, 1.165) is 62.8 Å². The first-order valence-electron chi connectivity index (χ1n) is 9.43. The molecule has 0 spiro atoms. The molecule has 6 nitrogen and oxygen atoms in total. The molecule has 27 heavy (non-hydrogen) atoms. The molecule has 146 valence electrons. The van der Waals surface area contributed by atoms with E-state index in [0.29, 0.717) is 0 Å². The lowest BCUT2D eigenvalue weighted by atomic mass is 9.88. The molecule has 2 aromatic heterocycles. The number of aryl methyl sites for hydroxylation is 2. The molecule has 1 fully saturated rings. The molecule has 0 unspecified atom stereocenters. The lowest BCUT2D eigenvalue weighted by molar-refractivity contribution is -0.109. The number of aromatic nitrogens is 1. The number of amides is 1. The van der Waals surface area contributed by atoms with Crippen molar-refractivity contribution in [3.05, 3.63) is 38.4 Å². The number of nitrogens with zero attached hydrogens (tertiary/aromatic N) is 3. The third-order valence-corrected chi connectivity index (χ3v) is 6.70. The molecule has 0 aliphatic carbocycles. The average molecular weight is 390 g/mol. The molecule has 0 bridgehead atoms. The minimum Gasteiger partial charge on any atom is -0.380 e. The van der Waals surface area contributed by atoms with Gasteiger partial charge in [0.25, 0.3) is 5.91 Å². The van der Waals surface area contributed by atoms with Crippen LogP contribution in [0.25, 0.3) is 0 Å². The summed E-state index contributed by atoms with van der Waals surface area (Å²) in [5.74, 6) is 1.04. The molecule has 0 aromatic carbocycles. The Morgan fingerprint density at radius 2 is 2.19 bits per heavy atom. The van der Waals surface area contributed by atoms with Gasteiger partial charge >= 0.3 is 0 Å². The molecule has 0 saturated carbocycles. The lowest BCUT2D eigenvalue weighted by Crippen LogP contribution is -2.49. The Hall–Kier alpha value is -1.70. The first-order chi connectivity index (χ1) is 12.9. The minimum absolute atomic E-state index is 0.103. The number of hydrogen-bond donors (Lipinski definition) is 0. The Morgan fingerprint density at radius 1 is 1.41 bits per heavy atom. The van der Waals surface area contributed by atoms with Gasteiger partial charge in [-0.05, 0) is 25.8 Å². The van der Waals surface area contributed by atoms with Gasteiger partial charge in [-0.1, -0.05) is 12.1 Å². The molecule has 7 heteroatoms. The standard InChI is InChI=1S/C20H27N3O3S/c1-13-16(14(2)26-21-13)7-23-6-5-15-17(9-27-18(15)8-23)19(24)22(4)10-20(3)11-25-12-20/h9H,5-8,10-12H2,1-4H3. The van der Waals surface area contributed by atoms with Crippen molar-refractivity contribution in [1.82, 2.24) is 15.0 Å². The number of hydrogen-bond acceptors (Lipinski definition) is 6. The highest BCUT2D eigenvalue weighted by Gasteiger charge is 2.36. The van der Waals surface area contributed by atoms with E-state index in [9.17, 15) is 4.79 Å². The van der Waals surface area contributed by atoms with E-state index >= 15 is 0 Å². The molecule has 1 amide bonds. The maximum absolute atomic E-state index is 13.0. The third-order valence-electron chi connectivity index (χ3n) is 5.69. The summed E-state index contributed by atoms with van der Waals surface area (Å²) >= 11 is 1.71. The summed E-state index contributed by atoms with van der Waals surface area (Å²) < 4.78 is 10.6. The summed E-state index contributed by atoms with van der Waals surface area (Å²) in [5.41, 5.74) is 4.38. The van der Waals surface area contributed by atoms with Crippen LogP contribution in [0.1, 0.15) is 44.7 Å². The van der Waals surface area contributed by atoms with Gasteiger partial charge < -0.3 is 14.2 Å². The van der Waals surface area contributed by atoms with Crippen LogP contribution >= 0.6 is 11.3 Å². The van der Waals surface area contributed by atoms with Crippen LogP contribution < -0.4 is 0 Å². The summed E-state index contributed by atoms with van der Waals surface area (Å²) in [5, 5.41) is 6.10. The maximum Gasteiger partial charge on any atom is 0.254 e. The van der Waals surface area contributed by atoms with Crippen molar-refractivity contribution in [2.75, 3.05) is 33.4 Å². The van der Waals surface area contributed by atoms with Crippen LogP contribution in [-0.4, -0.2) is 54.2 Å². The zero-order valence-corrected chi connectivity index (χ0v) is 17.3. The van der Waals surface area contributed by atoms with Gasteiger partial charge in [-0.3, -0.25) is 9.69 Å². The molecular weight excluding hydrogens is 362 g/mol. The van der Waals surface area contributed by atoms with Crippen molar-refractivity contribution >= 4 is 17.2 Å². The van der Waals surface area contributed by atoms with Crippen molar-refractivity contribution in [1.29, 1.82) is 0 Å². The van der Waals surface area contributed by atoms with Gasteiger partial charge in [0.2, 0.25) is 0 Å². The Bertz CT molecular complexity index is 833. The average Bonchev–Trinajstić information content (AvgIpc) is 3.17. The lowest BCUT2D eigenvalue weighted by Gasteiger charge is -2.40. The first-order valence-corrected chi connectivity index (χ1v) is 10.3. The summed E-state index contributed by atoms with van der Waals surface area (Å²) in [6.07, 6.45) is 0.914. The van der Waals surface area contributed by atoms with Crippen molar-refractivity contribution in [3.63, 3.8) is 0 Å². The van der Waals surface area contributed by atoms with E-state index in [2.05, 4.69) is 17.0 Å². The molecule has 2 aliphatic rings. The number of fused-ring (bicyclic) bond motifs is 1. The second kappa shape index (κ2) is 7.04. The monoisotopic (exact) mass is 389 g/mol. The molecule has 0 radical (unpaired) electrons. The van der Waals surface area contributed by atoms with Crippen LogP contribution in [0.4, 0.5) is 0 Å². The highest BCUT2D eigenvalue weighted by Crippen LogP contribution is 2.32. The summed E-state index contributed by atoms with van der Waals surface area (Å²) in [6.45, 7) is 11.0. The van der Waals surface area contributed by atoms with E-state index in [1.54, 1.807) is 11.3 Å². The smallest absolute Gasteiger partial charge is 0.254 e. The second-order valence-corrected chi connectivity index (χ2v) is 9.24. The fourth-order valence-corrected chi connectivity index (χ4v) is 5.15. The van der Waals surface area contributed by atoms with Crippen molar-refractivity contribution < 1.29 is 14.1 Å². The Balaban J connectivity index is 1.44. The largest absolute Gasteiger partial charge is 0.380 e.